The van der Waals surface area contributed by atoms with Gasteiger partial charge in [-0.3, -0.25) is 4.79 Å². The molecule has 1 aromatic heterocycles. The molecule has 8 heteroatoms. The van der Waals surface area contributed by atoms with E-state index in [1.54, 1.807) is 13.1 Å². The zero-order chi connectivity index (χ0) is 14.8. The molecule has 112 valence electrons. The lowest BCUT2D eigenvalue weighted by atomic mass is 10.4. The average molecular weight is 364 g/mol. The van der Waals surface area contributed by atoms with Gasteiger partial charge in [-0.15, -0.1) is 0 Å². The third-order valence-corrected chi connectivity index (χ3v) is 5.75. The molecule has 0 atom stereocenters. The van der Waals surface area contributed by atoms with Crippen LogP contribution in [-0.4, -0.2) is 36.2 Å². The van der Waals surface area contributed by atoms with E-state index in [2.05, 4.69) is 26.3 Å². The predicted octanol–water partition coefficient (Wildman–Crippen LogP) is 1.26. The standard InChI is InChI=1S/C12H18BrN3O3S/c1-2-20(18,19)6-5-14-10-7-15-16(8-9-3-4-9)12(17)11(10)13/h7,9,14H,2-6,8H2,1H3. The maximum absolute atomic E-state index is 12.1. The first-order valence-corrected chi connectivity index (χ1v) is 9.24. The van der Waals surface area contributed by atoms with Crippen molar-refractivity contribution in [1.29, 1.82) is 0 Å². The molecule has 0 saturated heterocycles. The highest BCUT2D eigenvalue weighted by atomic mass is 79.9. The van der Waals surface area contributed by atoms with Crippen LogP contribution in [0.15, 0.2) is 15.5 Å². The molecule has 0 bridgehead atoms. The summed E-state index contributed by atoms with van der Waals surface area (Å²) < 4.78 is 24.6. The predicted molar refractivity (Wildman–Crippen MR) is 81.7 cm³/mol. The number of nitrogens with one attached hydrogen (secondary N) is 1. The molecule has 1 fully saturated rings. The second-order valence-corrected chi connectivity index (χ2v) is 8.23. The number of anilines is 1. The minimum Gasteiger partial charge on any atom is -0.382 e. The highest BCUT2D eigenvalue weighted by Gasteiger charge is 2.23. The quantitative estimate of drug-likeness (QED) is 0.788. The van der Waals surface area contributed by atoms with Gasteiger partial charge in [0.05, 0.1) is 17.6 Å². The van der Waals surface area contributed by atoms with Crippen molar-refractivity contribution in [3.63, 3.8) is 0 Å². The van der Waals surface area contributed by atoms with Crippen LogP contribution in [0.2, 0.25) is 0 Å². The maximum atomic E-state index is 12.1. The fraction of sp³-hybridized carbons (Fsp3) is 0.667. The fourth-order valence-electron chi connectivity index (χ4n) is 1.75. The Morgan fingerprint density at radius 1 is 1.50 bits per heavy atom. The van der Waals surface area contributed by atoms with Gasteiger partial charge in [0.25, 0.3) is 5.56 Å². The summed E-state index contributed by atoms with van der Waals surface area (Å²) in [6.45, 7) is 2.54. The molecule has 0 amide bonds. The molecule has 6 nitrogen and oxygen atoms in total. The van der Waals surface area contributed by atoms with E-state index >= 15 is 0 Å². The zero-order valence-electron chi connectivity index (χ0n) is 11.3. The molecule has 20 heavy (non-hydrogen) atoms. The Hall–Kier alpha value is -0.890. The van der Waals surface area contributed by atoms with Crippen molar-refractivity contribution in [3.8, 4) is 0 Å². The lowest BCUT2D eigenvalue weighted by molar-refractivity contribution is 0.532. The van der Waals surface area contributed by atoms with Gasteiger partial charge in [-0.25, -0.2) is 13.1 Å². The molecule has 0 radical (unpaired) electrons. The van der Waals surface area contributed by atoms with Crippen molar-refractivity contribution in [3.05, 3.63) is 21.0 Å². The highest BCUT2D eigenvalue weighted by molar-refractivity contribution is 9.10. The normalized spacial score (nSPS) is 15.3. The Balaban J connectivity index is 2.02. The molecule has 2 rings (SSSR count). The summed E-state index contributed by atoms with van der Waals surface area (Å²) in [4.78, 5) is 12.1. The van der Waals surface area contributed by atoms with Crippen molar-refractivity contribution in [2.75, 3.05) is 23.4 Å². The Morgan fingerprint density at radius 2 is 2.20 bits per heavy atom. The van der Waals surface area contributed by atoms with Gasteiger partial charge in [0, 0.05) is 18.8 Å². The van der Waals surface area contributed by atoms with Crippen LogP contribution in [-0.2, 0) is 16.4 Å². The summed E-state index contributed by atoms with van der Waals surface area (Å²) in [7, 11) is -3.01. The average Bonchev–Trinajstić information content (AvgIpc) is 3.22. The molecule has 1 aliphatic carbocycles. The van der Waals surface area contributed by atoms with Crippen LogP contribution >= 0.6 is 15.9 Å². The van der Waals surface area contributed by atoms with Crippen LogP contribution in [0.4, 0.5) is 5.69 Å². The summed E-state index contributed by atoms with van der Waals surface area (Å²) >= 11 is 3.25. The van der Waals surface area contributed by atoms with Gasteiger partial charge in [-0.05, 0) is 34.7 Å². The Bertz CT molecular complexity index is 638. The van der Waals surface area contributed by atoms with Crippen molar-refractivity contribution in [2.24, 2.45) is 5.92 Å². The Labute approximate surface area is 126 Å². The van der Waals surface area contributed by atoms with Crippen molar-refractivity contribution in [1.82, 2.24) is 9.78 Å². The second-order valence-electron chi connectivity index (χ2n) is 4.97. The molecule has 0 aromatic carbocycles. The lowest BCUT2D eigenvalue weighted by Crippen LogP contribution is -2.26. The maximum Gasteiger partial charge on any atom is 0.283 e. The molecule has 1 aromatic rings. The van der Waals surface area contributed by atoms with E-state index in [9.17, 15) is 13.2 Å². The van der Waals surface area contributed by atoms with E-state index in [0.29, 0.717) is 22.6 Å². The van der Waals surface area contributed by atoms with Crippen molar-refractivity contribution < 1.29 is 8.42 Å². The van der Waals surface area contributed by atoms with Crippen LogP contribution in [0.1, 0.15) is 19.8 Å². The summed E-state index contributed by atoms with van der Waals surface area (Å²) in [6, 6.07) is 0. The molecular formula is C12H18BrN3O3S. The first-order valence-electron chi connectivity index (χ1n) is 6.63. The summed E-state index contributed by atoms with van der Waals surface area (Å²) in [5.41, 5.74) is 0.355. The van der Waals surface area contributed by atoms with Crippen LogP contribution in [0.5, 0.6) is 0 Å². The smallest absolute Gasteiger partial charge is 0.283 e. The SMILES string of the molecule is CCS(=O)(=O)CCNc1cnn(CC2CC2)c(=O)c1Br. The van der Waals surface area contributed by atoms with Gasteiger partial charge in [0.1, 0.15) is 4.47 Å². The van der Waals surface area contributed by atoms with Crippen LogP contribution in [0, 0.1) is 5.92 Å². The van der Waals surface area contributed by atoms with Gasteiger partial charge in [-0.2, -0.15) is 5.10 Å². The highest BCUT2D eigenvalue weighted by Crippen LogP contribution is 2.30. The molecular weight excluding hydrogens is 346 g/mol. The molecule has 0 unspecified atom stereocenters. The van der Waals surface area contributed by atoms with E-state index < -0.39 is 9.84 Å². The Morgan fingerprint density at radius 3 is 2.80 bits per heavy atom. The first kappa shape index (κ1) is 15.5. The summed E-state index contributed by atoms with van der Waals surface area (Å²) in [5, 5.41) is 7.06. The minimum atomic E-state index is -3.01. The third kappa shape index (κ3) is 4.05. The van der Waals surface area contributed by atoms with Crippen molar-refractivity contribution >= 4 is 31.5 Å². The van der Waals surface area contributed by atoms with Crippen molar-refractivity contribution in [2.45, 2.75) is 26.3 Å². The van der Waals surface area contributed by atoms with E-state index in [1.165, 1.54) is 4.68 Å². The number of aromatic nitrogens is 2. The number of hydrogen-bond acceptors (Lipinski definition) is 5. The second kappa shape index (κ2) is 6.26. The largest absolute Gasteiger partial charge is 0.382 e. The van der Waals surface area contributed by atoms with Gasteiger partial charge in [0.2, 0.25) is 0 Å². The van der Waals surface area contributed by atoms with Gasteiger partial charge in [0.15, 0.2) is 9.84 Å². The van der Waals surface area contributed by atoms with E-state index in [0.717, 1.165) is 12.8 Å². The number of rotatable bonds is 7. The zero-order valence-corrected chi connectivity index (χ0v) is 13.7. The summed E-state index contributed by atoms with van der Waals surface area (Å²) in [5.74, 6) is 0.735. The monoisotopic (exact) mass is 363 g/mol. The van der Waals surface area contributed by atoms with Gasteiger partial charge < -0.3 is 5.32 Å². The minimum absolute atomic E-state index is 0.0428. The van der Waals surface area contributed by atoms with Crippen LogP contribution in [0.3, 0.4) is 0 Å². The van der Waals surface area contributed by atoms with Crippen LogP contribution < -0.4 is 10.9 Å². The fourth-order valence-corrected chi connectivity index (χ4v) is 2.90. The van der Waals surface area contributed by atoms with E-state index in [4.69, 9.17) is 0 Å². The lowest BCUT2D eigenvalue weighted by Gasteiger charge is -2.10. The molecule has 0 aliphatic heterocycles. The molecule has 1 saturated carbocycles. The molecule has 1 N–H and O–H groups in total. The van der Waals surface area contributed by atoms with Gasteiger partial charge in [-0.1, -0.05) is 6.92 Å². The van der Waals surface area contributed by atoms with E-state index in [1.807, 2.05) is 0 Å². The molecule has 1 aliphatic rings. The third-order valence-electron chi connectivity index (χ3n) is 3.28. The topological polar surface area (TPSA) is 81.1 Å². The number of hydrogen-bond donors (Lipinski definition) is 1. The van der Waals surface area contributed by atoms with E-state index in [-0.39, 0.29) is 23.6 Å². The number of nitrogens with zero attached hydrogens (tertiary/aromatic N) is 2. The number of sulfone groups is 1. The van der Waals surface area contributed by atoms with Crippen LogP contribution in [0.25, 0.3) is 0 Å². The van der Waals surface area contributed by atoms with Gasteiger partial charge >= 0.3 is 0 Å². The first-order chi connectivity index (χ1) is 9.43. The summed E-state index contributed by atoms with van der Waals surface area (Å²) in [6.07, 6.45) is 3.87. The Kier molecular flexibility index (Phi) is 4.85. The number of halogens is 1. The molecule has 0 spiro atoms. The molecule has 1 heterocycles.